The van der Waals surface area contributed by atoms with Crippen LogP contribution in [0.25, 0.3) is 0 Å². The Kier molecular flexibility index (Phi) is 6.92. The second-order valence-corrected chi connectivity index (χ2v) is 6.52. The molecule has 156 valence electrons. The minimum absolute atomic E-state index is 0.142. The first-order chi connectivity index (χ1) is 13.6. The third kappa shape index (κ3) is 5.77. The van der Waals surface area contributed by atoms with Gasteiger partial charge in [-0.05, 0) is 12.5 Å². The lowest BCUT2D eigenvalue weighted by Gasteiger charge is -2.35. The maximum absolute atomic E-state index is 12.5. The maximum atomic E-state index is 12.5. The number of nitro groups is 1. The standard InChI is InChI=1S/C19H21NO9/c1-4-26-18(23)27-11-5-6-14(12-7-9-13(10-8-12)20(24)25)15-16(21)28-19(2,3)29-17(15)22/h5-10,14-15H,4,11H2,1-3H3/b6-5+. The predicted molar refractivity (Wildman–Crippen MR) is 97.7 cm³/mol. The predicted octanol–water partition coefficient (Wildman–Crippen LogP) is 2.86. The van der Waals surface area contributed by atoms with Crippen molar-refractivity contribution < 1.29 is 38.3 Å². The van der Waals surface area contributed by atoms with Crippen molar-refractivity contribution in [2.75, 3.05) is 13.2 Å². The van der Waals surface area contributed by atoms with Gasteiger partial charge in [0.2, 0.25) is 0 Å². The van der Waals surface area contributed by atoms with Crippen LogP contribution in [-0.2, 0) is 28.5 Å². The van der Waals surface area contributed by atoms with Gasteiger partial charge < -0.3 is 18.9 Å². The van der Waals surface area contributed by atoms with E-state index in [0.29, 0.717) is 5.56 Å². The summed E-state index contributed by atoms with van der Waals surface area (Å²) in [7, 11) is 0. The fourth-order valence-electron chi connectivity index (χ4n) is 2.73. The highest BCUT2D eigenvalue weighted by Gasteiger charge is 2.47. The third-order valence-corrected chi connectivity index (χ3v) is 3.95. The summed E-state index contributed by atoms with van der Waals surface area (Å²) in [5.41, 5.74) is 0.304. The third-order valence-electron chi connectivity index (χ3n) is 3.95. The first-order valence-electron chi connectivity index (χ1n) is 8.81. The molecule has 0 spiro atoms. The van der Waals surface area contributed by atoms with Crippen molar-refractivity contribution in [1.82, 2.24) is 0 Å². The number of non-ortho nitro benzene ring substituents is 1. The smallest absolute Gasteiger partial charge is 0.435 e. The Bertz CT molecular complexity index is 793. The molecule has 0 radical (unpaired) electrons. The van der Waals surface area contributed by atoms with Crippen molar-refractivity contribution in [2.24, 2.45) is 5.92 Å². The topological polar surface area (TPSA) is 131 Å². The average Bonchev–Trinajstić information content (AvgIpc) is 2.62. The Balaban J connectivity index is 2.27. The number of esters is 2. The molecule has 0 N–H and O–H groups in total. The van der Waals surface area contributed by atoms with E-state index in [-0.39, 0.29) is 18.9 Å². The quantitative estimate of drug-likeness (QED) is 0.220. The van der Waals surface area contributed by atoms with Gasteiger partial charge in [-0.2, -0.15) is 0 Å². The van der Waals surface area contributed by atoms with E-state index in [1.807, 2.05) is 0 Å². The van der Waals surface area contributed by atoms with Gasteiger partial charge in [-0.3, -0.25) is 19.7 Å². The Morgan fingerprint density at radius 3 is 2.31 bits per heavy atom. The zero-order valence-corrected chi connectivity index (χ0v) is 16.2. The Morgan fingerprint density at radius 1 is 1.21 bits per heavy atom. The van der Waals surface area contributed by atoms with Crippen LogP contribution in [-0.4, -0.2) is 42.0 Å². The summed E-state index contributed by atoms with van der Waals surface area (Å²) in [6, 6.07) is 5.38. The number of cyclic esters (lactones) is 2. The Morgan fingerprint density at radius 2 is 1.79 bits per heavy atom. The molecule has 2 rings (SSSR count). The molecule has 10 nitrogen and oxygen atoms in total. The molecule has 1 aliphatic heterocycles. The number of carbonyl (C=O) groups is 3. The molecule has 1 aromatic rings. The monoisotopic (exact) mass is 407 g/mol. The van der Waals surface area contributed by atoms with Gasteiger partial charge >= 0.3 is 18.1 Å². The van der Waals surface area contributed by atoms with Crippen LogP contribution in [0, 0.1) is 16.0 Å². The molecule has 1 aliphatic rings. The molecule has 0 saturated carbocycles. The second-order valence-electron chi connectivity index (χ2n) is 6.52. The van der Waals surface area contributed by atoms with E-state index in [1.165, 1.54) is 50.3 Å². The van der Waals surface area contributed by atoms with Crippen LogP contribution in [0.15, 0.2) is 36.4 Å². The van der Waals surface area contributed by atoms with Gasteiger partial charge in [-0.15, -0.1) is 0 Å². The minimum Gasteiger partial charge on any atom is -0.435 e. The number of allylic oxidation sites excluding steroid dienone is 1. The fraction of sp³-hybridized carbons (Fsp3) is 0.421. The van der Waals surface area contributed by atoms with Crippen LogP contribution < -0.4 is 0 Å². The number of nitro benzene ring substituents is 1. The summed E-state index contributed by atoms with van der Waals surface area (Å²) in [5, 5.41) is 10.9. The molecular weight excluding hydrogens is 386 g/mol. The first kappa shape index (κ1) is 21.9. The maximum Gasteiger partial charge on any atom is 0.508 e. The molecule has 1 unspecified atom stereocenters. The van der Waals surface area contributed by atoms with Crippen molar-refractivity contribution in [3.05, 3.63) is 52.1 Å². The van der Waals surface area contributed by atoms with Crippen LogP contribution in [0.2, 0.25) is 0 Å². The molecule has 29 heavy (non-hydrogen) atoms. The highest BCUT2D eigenvalue weighted by atomic mass is 16.7. The van der Waals surface area contributed by atoms with Gasteiger partial charge in [0.25, 0.3) is 11.5 Å². The summed E-state index contributed by atoms with van der Waals surface area (Å²) in [4.78, 5) is 46.5. The average molecular weight is 407 g/mol. The lowest BCUT2D eigenvalue weighted by Crippen LogP contribution is -2.48. The van der Waals surface area contributed by atoms with Crippen LogP contribution in [0.1, 0.15) is 32.3 Å². The normalized spacial score (nSPS) is 17.3. The lowest BCUT2D eigenvalue weighted by atomic mass is 9.84. The van der Waals surface area contributed by atoms with E-state index in [9.17, 15) is 24.5 Å². The van der Waals surface area contributed by atoms with Gasteiger partial charge in [0, 0.05) is 31.9 Å². The van der Waals surface area contributed by atoms with Gasteiger partial charge in [0.05, 0.1) is 11.5 Å². The SMILES string of the molecule is CCOC(=O)OC/C=C/C(c1ccc([N+](=O)[O-])cc1)C1C(=O)OC(C)(C)OC1=O. The number of benzene rings is 1. The molecule has 0 aliphatic carbocycles. The molecule has 1 fully saturated rings. The van der Waals surface area contributed by atoms with E-state index in [2.05, 4.69) is 4.74 Å². The van der Waals surface area contributed by atoms with E-state index >= 15 is 0 Å². The van der Waals surface area contributed by atoms with Crippen molar-refractivity contribution >= 4 is 23.8 Å². The lowest BCUT2D eigenvalue weighted by molar-refractivity contribution is -0.384. The van der Waals surface area contributed by atoms with Crippen molar-refractivity contribution in [2.45, 2.75) is 32.5 Å². The zero-order chi connectivity index (χ0) is 21.6. The van der Waals surface area contributed by atoms with Gasteiger partial charge in [-0.25, -0.2) is 4.79 Å². The number of hydrogen-bond acceptors (Lipinski definition) is 9. The van der Waals surface area contributed by atoms with E-state index in [1.54, 1.807) is 6.92 Å². The first-order valence-corrected chi connectivity index (χ1v) is 8.81. The molecule has 1 heterocycles. The zero-order valence-electron chi connectivity index (χ0n) is 16.2. The molecule has 0 aromatic heterocycles. The molecule has 0 amide bonds. The van der Waals surface area contributed by atoms with Gasteiger partial charge in [-0.1, -0.05) is 24.3 Å². The number of hydrogen-bond donors (Lipinski definition) is 0. The molecule has 1 saturated heterocycles. The molecule has 10 heteroatoms. The Labute approximate surface area is 166 Å². The summed E-state index contributed by atoms with van der Waals surface area (Å²) in [6.45, 7) is 4.49. The number of nitrogens with zero attached hydrogens (tertiary/aromatic N) is 1. The molecular formula is C19H21NO9. The summed E-state index contributed by atoms with van der Waals surface area (Å²) >= 11 is 0. The minimum atomic E-state index is -1.39. The van der Waals surface area contributed by atoms with E-state index in [4.69, 9.17) is 14.2 Å². The summed E-state index contributed by atoms with van der Waals surface area (Å²) in [6.07, 6.45) is 2.05. The van der Waals surface area contributed by atoms with Crippen molar-refractivity contribution in [1.29, 1.82) is 0 Å². The summed E-state index contributed by atoms with van der Waals surface area (Å²) < 4.78 is 19.8. The highest BCUT2D eigenvalue weighted by molar-refractivity contribution is 5.98. The molecule has 1 atom stereocenters. The molecule has 0 bridgehead atoms. The number of ether oxygens (including phenoxy) is 4. The highest BCUT2D eigenvalue weighted by Crippen LogP contribution is 2.35. The number of carbonyl (C=O) groups excluding carboxylic acids is 3. The van der Waals surface area contributed by atoms with Crippen LogP contribution >= 0.6 is 0 Å². The summed E-state index contributed by atoms with van der Waals surface area (Å²) in [5.74, 6) is -5.13. The van der Waals surface area contributed by atoms with Crippen LogP contribution in [0.5, 0.6) is 0 Å². The molecule has 1 aromatic carbocycles. The van der Waals surface area contributed by atoms with Crippen LogP contribution in [0.4, 0.5) is 10.5 Å². The van der Waals surface area contributed by atoms with E-state index in [0.717, 1.165) is 0 Å². The van der Waals surface area contributed by atoms with Crippen molar-refractivity contribution in [3.63, 3.8) is 0 Å². The largest absolute Gasteiger partial charge is 0.508 e. The second kappa shape index (κ2) is 9.18. The fourth-order valence-corrected chi connectivity index (χ4v) is 2.73. The van der Waals surface area contributed by atoms with Gasteiger partial charge in [0.15, 0.2) is 5.92 Å². The van der Waals surface area contributed by atoms with Crippen molar-refractivity contribution in [3.8, 4) is 0 Å². The van der Waals surface area contributed by atoms with E-state index < -0.39 is 40.6 Å². The van der Waals surface area contributed by atoms with Gasteiger partial charge in [0.1, 0.15) is 6.61 Å². The number of rotatable bonds is 7. The van der Waals surface area contributed by atoms with Crippen LogP contribution in [0.3, 0.4) is 0 Å². The Hall–Kier alpha value is -3.43.